The highest BCUT2D eigenvalue weighted by atomic mass is 32.2. The van der Waals surface area contributed by atoms with Gasteiger partial charge in [0, 0.05) is 57.8 Å². The first-order valence-corrected chi connectivity index (χ1v) is 17.2. The molecule has 2 aliphatic rings. The van der Waals surface area contributed by atoms with Gasteiger partial charge in [-0.2, -0.15) is 4.31 Å². The molecule has 3 aromatic rings. The van der Waals surface area contributed by atoms with E-state index in [1.807, 2.05) is 18.2 Å². The van der Waals surface area contributed by atoms with Crippen LogP contribution in [-0.4, -0.2) is 97.9 Å². The first-order chi connectivity index (χ1) is 19.7. The van der Waals surface area contributed by atoms with Crippen molar-refractivity contribution in [3.63, 3.8) is 0 Å². The molecule has 11 heteroatoms. The molecule has 0 bridgehead atoms. The summed E-state index contributed by atoms with van der Waals surface area (Å²) in [5, 5.41) is 0. The Morgan fingerprint density at radius 3 is 1.93 bits per heavy atom. The van der Waals surface area contributed by atoms with E-state index < -0.39 is 19.9 Å². The minimum absolute atomic E-state index is 0.100. The number of nitrogens with zero attached hydrogens (tertiary/aromatic N) is 3. The van der Waals surface area contributed by atoms with Gasteiger partial charge in [0.05, 0.1) is 29.6 Å². The van der Waals surface area contributed by atoms with Gasteiger partial charge < -0.3 is 14.4 Å². The van der Waals surface area contributed by atoms with Crippen molar-refractivity contribution in [2.24, 2.45) is 0 Å². The molecule has 3 aromatic carbocycles. The fraction of sp³-hybridized carbons (Fsp3) is 0.400. The number of anilines is 1. The number of benzene rings is 3. The van der Waals surface area contributed by atoms with Crippen LogP contribution < -0.4 is 4.90 Å². The molecule has 2 fully saturated rings. The number of piperazine rings is 1. The van der Waals surface area contributed by atoms with Gasteiger partial charge in [-0.1, -0.05) is 42.5 Å². The lowest BCUT2D eigenvalue weighted by Crippen LogP contribution is -2.49. The van der Waals surface area contributed by atoms with Crippen LogP contribution >= 0.6 is 0 Å². The predicted octanol–water partition coefficient (Wildman–Crippen LogP) is 3.04. The molecule has 0 amide bonds. The summed E-state index contributed by atoms with van der Waals surface area (Å²) >= 11 is 0. The van der Waals surface area contributed by atoms with Gasteiger partial charge >= 0.3 is 0 Å². The van der Waals surface area contributed by atoms with Crippen molar-refractivity contribution in [1.29, 1.82) is 0 Å². The summed E-state index contributed by atoms with van der Waals surface area (Å²) in [7, 11) is -7.08. The zero-order chi connectivity index (χ0) is 28.9. The van der Waals surface area contributed by atoms with Crippen LogP contribution in [0.25, 0.3) is 0 Å². The van der Waals surface area contributed by atoms with Crippen molar-refractivity contribution < 1.29 is 26.3 Å². The largest absolute Gasteiger partial charge is 0.378 e. The summed E-state index contributed by atoms with van der Waals surface area (Å²) < 4.78 is 63.1. The SMILES string of the molecule is CS(=O)(=O)c1ccc(S(=O)(=O)N2CCN(CCO[C@H](c3ccccc3)c3ccc(N4CCOCC4)cc3)CC2)cc1. The number of sulfonamides is 1. The number of morpholine rings is 1. The van der Waals surface area contributed by atoms with E-state index in [1.165, 1.54) is 34.3 Å². The van der Waals surface area contributed by atoms with Crippen LogP contribution in [0.1, 0.15) is 17.2 Å². The highest BCUT2D eigenvalue weighted by molar-refractivity contribution is 7.90. The minimum Gasteiger partial charge on any atom is -0.378 e. The number of hydrogen-bond acceptors (Lipinski definition) is 8. The van der Waals surface area contributed by atoms with E-state index in [-0.39, 0.29) is 15.9 Å². The monoisotopic (exact) mass is 599 g/mol. The maximum absolute atomic E-state index is 13.1. The Morgan fingerprint density at radius 1 is 0.732 bits per heavy atom. The zero-order valence-corrected chi connectivity index (χ0v) is 24.9. The lowest BCUT2D eigenvalue weighted by atomic mass is 10.0. The van der Waals surface area contributed by atoms with Gasteiger partial charge in [-0.05, 0) is 47.5 Å². The summed E-state index contributed by atoms with van der Waals surface area (Å²) in [5.74, 6) is 0. The van der Waals surface area contributed by atoms with Gasteiger partial charge in [0.2, 0.25) is 10.0 Å². The molecular weight excluding hydrogens is 562 g/mol. The third-order valence-electron chi connectivity index (χ3n) is 7.59. The summed E-state index contributed by atoms with van der Waals surface area (Å²) in [5.41, 5.74) is 3.36. The Kier molecular flexibility index (Phi) is 9.42. The number of rotatable bonds is 10. The zero-order valence-electron chi connectivity index (χ0n) is 23.3. The molecule has 2 heterocycles. The molecule has 0 radical (unpaired) electrons. The standard InChI is InChI=1S/C30H37N3O6S2/c1-40(34,35)28-11-13-29(14-12-28)41(36,37)33-17-15-31(16-18-33)19-24-39-30(25-5-3-2-4-6-25)26-7-9-27(10-8-26)32-20-22-38-23-21-32/h2-14,30H,15-24H2,1H3/t30-/m1/s1. The van der Waals surface area contributed by atoms with Gasteiger partial charge in [-0.3, -0.25) is 4.90 Å². The Labute approximate surface area is 243 Å². The molecule has 1 atom stereocenters. The smallest absolute Gasteiger partial charge is 0.243 e. The van der Waals surface area contributed by atoms with Gasteiger partial charge in [-0.25, -0.2) is 16.8 Å². The maximum atomic E-state index is 13.1. The average molecular weight is 600 g/mol. The lowest BCUT2D eigenvalue weighted by Gasteiger charge is -2.34. The van der Waals surface area contributed by atoms with Crippen LogP contribution in [0, 0.1) is 0 Å². The Bertz CT molecular complexity index is 1480. The van der Waals surface area contributed by atoms with E-state index in [9.17, 15) is 16.8 Å². The second-order valence-electron chi connectivity index (χ2n) is 10.3. The third-order valence-corrected chi connectivity index (χ3v) is 10.6. The van der Waals surface area contributed by atoms with Crippen LogP contribution in [0.2, 0.25) is 0 Å². The maximum Gasteiger partial charge on any atom is 0.243 e. The molecule has 9 nitrogen and oxygen atoms in total. The fourth-order valence-corrected chi connectivity index (χ4v) is 7.25. The molecule has 5 rings (SSSR count). The van der Waals surface area contributed by atoms with Crippen molar-refractivity contribution in [2.75, 3.05) is 76.8 Å². The van der Waals surface area contributed by atoms with Crippen LogP contribution in [-0.2, 0) is 29.3 Å². The van der Waals surface area contributed by atoms with Gasteiger partial charge in [0.25, 0.3) is 0 Å². The molecule has 41 heavy (non-hydrogen) atoms. The molecular formula is C30H37N3O6S2. The molecule has 220 valence electrons. The first-order valence-electron chi connectivity index (χ1n) is 13.8. The van der Waals surface area contributed by atoms with E-state index >= 15 is 0 Å². The van der Waals surface area contributed by atoms with E-state index in [1.54, 1.807) is 0 Å². The summed E-state index contributed by atoms with van der Waals surface area (Å²) in [4.78, 5) is 4.74. The summed E-state index contributed by atoms with van der Waals surface area (Å²) in [6, 6.07) is 24.2. The summed E-state index contributed by atoms with van der Waals surface area (Å²) in [6.45, 7) is 6.37. The van der Waals surface area contributed by atoms with Crippen LogP contribution in [0.5, 0.6) is 0 Å². The quantitative estimate of drug-likeness (QED) is 0.351. The highest BCUT2D eigenvalue weighted by Crippen LogP contribution is 2.28. The normalized spacial score (nSPS) is 18.3. The number of sulfone groups is 1. The molecule has 0 aliphatic carbocycles. The van der Waals surface area contributed by atoms with Gasteiger partial charge in [0.1, 0.15) is 6.10 Å². The Hall–Kier alpha value is -2.80. The highest BCUT2D eigenvalue weighted by Gasteiger charge is 2.29. The fourth-order valence-electron chi connectivity index (χ4n) is 5.20. The molecule has 0 saturated carbocycles. The van der Waals surface area contributed by atoms with Crippen molar-refractivity contribution in [3.05, 3.63) is 90.0 Å². The van der Waals surface area contributed by atoms with Crippen LogP contribution in [0.4, 0.5) is 5.69 Å². The van der Waals surface area contributed by atoms with E-state index in [0.29, 0.717) is 39.3 Å². The molecule has 2 saturated heterocycles. The van der Waals surface area contributed by atoms with Crippen molar-refractivity contribution in [1.82, 2.24) is 9.21 Å². The Balaban J connectivity index is 1.17. The van der Waals surface area contributed by atoms with E-state index in [4.69, 9.17) is 9.47 Å². The van der Waals surface area contributed by atoms with Crippen molar-refractivity contribution in [3.8, 4) is 0 Å². The molecule has 0 N–H and O–H groups in total. The first kappa shape index (κ1) is 29.7. The molecule has 2 aliphatic heterocycles. The second kappa shape index (κ2) is 13.0. The van der Waals surface area contributed by atoms with Crippen LogP contribution in [0.15, 0.2) is 88.7 Å². The average Bonchev–Trinajstić information content (AvgIpc) is 3.00. The second-order valence-corrected chi connectivity index (χ2v) is 14.3. The number of hydrogen-bond donors (Lipinski definition) is 0. The minimum atomic E-state index is -3.70. The van der Waals surface area contributed by atoms with E-state index in [0.717, 1.165) is 43.7 Å². The topological polar surface area (TPSA) is 96.5 Å². The van der Waals surface area contributed by atoms with Crippen molar-refractivity contribution in [2.45, 2.75) is 15.9 Å². The van der Waals surface area contributed by atoms with E-state index in [2.05, 4.69) is 46.2 Å². The molecule has 0 unspecified atom stereocenters. The molecule has 0 aromatic heterocycles. The Morgan fingerprint density at radius 2 is 1.32 bits per heavy atom. The molecule has 0 spiro atoms. The van der Waals surface area contributed by atoms with Gasteiger partial charge in [0.15, 0.2) is 9.84 Å². The van der Waals surface area contributed by atoms with Gasteiger partial charge in [-0.15, -0.1) is 0 Å². The third kappa shape index (κ3) is 7.35. The summed E-state index contributed by atoms with van der Waals surface area (Å²) in [6.07, 6.45) is 0.899. The lowest BCUT2D eigenvalue weighted by molar-refractivity contribution is 0.0527. The van der Waals surface area contributed by atoms with Crippen LogP contribution in [0.3, 0.4) is 0 Å². The van der Waals surface area contributed by atoms with Crippen molar-refractivity contribution >= 4 is 25.5 Å². The number of ether oxygens (including phenoxy) is 2. The predicted molar refractivity (Wildman–Crippen MR) is 158 cm³/mol.